The Kier molecular flexibility index (Phi) is 3.69. The third-order valence-electron chi connectivity index (χ3n) is 9.26. The molecule has 0 saturated heterocycles. The minimum atomic E-state index is 0.355. The molecule has 4 aromatic rings. The zero-order valence-electron chi connectivity index (χ0n) is 19.8. The van der Waals surface area contributed by atoms with E-state index in [4.69, 9.17) is 0 Å². The van der Waals surface area contributed by atoms with Crippen LogP contribution in [0.3, 0.4) is 0 Å². The molecule has 0 heterocycles. The molecule has 0 aliphatic heterocycles. The van der Waals surface area contributed by atoms with Gasteiger partial charge in [-0.25, -0.2) is 0 Å². The molecule has 0 saturated carbocycles. The maximum atomic E-state index is 2.64. The Morgan fingerprint density at radius 3 is 0.941 bits per heavy atom. The van der Waals surface area contributed by atoms with Crippen LogP contribution in [0.2, 0.25) is 0 Å². The van der Waals surface area contributed by atoms with E-state index in [0.29, 0.717) is 23.7 Å². The van der Waals surface area contributed by atoms with Gasteiger partial charge in [-0.15, -0.1) is 0 Å². The molecule has 0 amide bonds. The summed E-state index contributed by atoms with van der Waals surface area (Å²) >= 11 is 0. The van der Waals surface area contributed by atoms with Gasteiger partial charge in [-0.05, 0) is 68.5 Å². The molecule has 0 heteroatoms. The molecule has 34 heavy (non-hydrogen) atoms. The molecule has 2 unspecified atom stereocenters. The van der Waals surface area contributed by atoms with Crippen LogP contribution in [0.1, 0.15) is 106 Å². The molecule has 0 spiro atoms. The fraction of sp³-hybridized carbons (Fsp3) is 0.235. The Morgan fingerprint density at radius 2 is 0.647 bits per heavy atom. The van der Waals surface area contributed by atoms with Crippen molar-refractivity contribution in [1.82, 2.24) is 0 Å². The lowest BCUT2D eigenvalue weighted by Crippen LogP contribution is -2.32. The molecule has 2 atom stereocenters. The molecule has 0 radical (unpaired) electrons. The molecule has 164 valence electrons. The van der Waals surface area contributed by atoms with Crippen LogP contribution >= 0.6 is 0 Å². The molecular weight excluding hydrogens is 408 g/mol. The summed E-state index contributed by atoms with van der Waals surface area (Å²) in [5.74, 6) is 1.56. The van der Waals surface area contributed by atoms with Gasteiger partial charge < -0.3 is 0 Å². The molecule has 0 N–H and O–H groups in total. The lowest BCUT2D eigenvalue weighted by molar-refractivity contribution is 0.668. The minimum absolute atomic E-state index is 0.355. The predicted molar refractivity (Wildman–Crippen MR) is 139 cm³/mol. The first kappa shape index (κ1) is 19.0. The fourth-order valence-electron chi connectivity index (χ4n) is 8.10. The standard InChI is InChI=1S/C34H28/c1-3-19-20(4-2)32-22-12-6-5-11-21(22)31(19)27-17-29-30(18-28(27)32)34-25-15-9-7-13-23(25)33(29)24-14-8-10-16-26(24)34/h5-18,31-34H,3-4H2,1-2H3. The average Bonchev–Trinajstić information content (AvgIpc) is 2.91. The van der Waals surface area contributed by atoms with Crippen molar-refractivity contribution in [3.8, 4) is 0 Å². The van der Waals surface area contributed by atoms with Crippen LogP contribution in [0, 0.1) is 0 Å². The summed E-state index contributed by atoms with van der Waals surface area (Å²) in [6, 6.07) is 33.0. The zero-order valence-corrected chi connectivity index (χ0v) is 19.8. The molecule has 4 bridgehead atoms. The van der Waals surface area contributed by atoms with Crippen molar-refractivity contribution in [3.63, 3.8) is 0 Å². The smallest absolute Gasteiger partial charge is 0.0349 e. The molecular formula is C34H28. The van der Waals surface area contributed by atoms with Gasteiger partial charge in [-0.2, -0.15) is 0 Å². The lowest BCUT2D eigenvalue weighted by Gasteiger charge is -2.47. The largest absolute Gasteiger partial charge is 0.0619 e. The number of benzene rings is 4. The summed E-state index contributed by atoms with van der Waals surface area (Å²) in [7, 11) is 0. The van der Waals surface area contributed by atoms with E-state index in [1.54, 1.807) is 44.5 Å². The van der Waals surface area contributed by atoms with Crippen molar-refractivity contribution in [2.75, 3.05) is 0 Å². The third kappa shape index (κ3) is 2.11. The molecule has 0 aromatic heterocycles. The van der Waals surface area contributed by atoms with E-state index in [-0.39, 0.29) is 0 Å². The summed E-state index contributed by atoms with van der Waals surface area (Å²) in [4.78, 5) is 0. The predicted octanol–water partition coefficient (Wildman–Crippen LogP) is 8.38. The van der Waals surface area contributed by atoms with Gasteiger partial charge in [0.15, 0.2) is 0 Å². The quantitative estimate of drug-likeness (QED) is 0.239. The Balaban J connectivity index is 1.44. The van der Waals surface area contributed by atoms with Crippen LogP contribution in [-0.2, 0) is 0 Å². The van der Waals surface area contributed by atoms with E-state index in [0.717, 1.165) is 12.8 Å². The van der Waals surface area contributed by atoms with Crippen molar-refractivity contribution in [2.24, 2.45) is 0 Å². The van der Waals surface area contributed by atoms with Crippen molar-refractivity contribution in [3.05, 3.63) is 152 Å². The topological polar surface area (TPSA) is 0 Å². The summed E-state index contributed by atoms with van der Waals surface area (Å²) < 4.78 is 0. The highest BCUT2D eigenvalue weighted by atomic mass is 14.5. The first-order valence-electron chi connectivity index (χ1n) is 13.0. The summed E-state index contributed by atoms with van der Waals surface area (Å²) in [6.07, 6.45) is 2.29. The van der Waals surface area contributed by atoms with Crippen molar-refractivity contribution < 1.29 is 0 Å². The molecule has 6 aliphatic carbocycles. The Labute approximate surface area is 202 Å². The van der Waals surface area contributed by atoms with Crippen LogP contribution in [0.5, 0.6) is 0 Å². The first-order valence-corrected chi connectivity index (χ1v) is 13.0. The molecule has 0 fully saturated rings. The number of allylic oxidation sites excluding steroid dienone is 2. The van der Waals surface area contributed by atoms with Crippen LogP contribution < -0.4 is 0 Å². The Hall–Kier alpha value is -3.38. The number of hydrogen-bond donors (Lipinski definition) is 0. The normalized spacial score (nSPS) is 24.3. The van der Waals surface area contributed by atoms with E-state index in [1.165, 1.54) is 22.3 Å². The average molecular weight is 437 g/mol. The highest BCUT2D eigenvalue weighted by Gasteiger charge is 2.46. The second kappa shape index (κ2) is 6.60. The monoisotopic (exact) mass is 436 g/mol. The van der Waals surface area contributed by atoms with Crippen LogP contribution in [-0.4, -0.2) is 0 Å². The number of rotatable bonds is 2. The van der Waals surface area contributed by atoms with Gasteiger partial charge in [0, 0.05) is 23.7 Å². The van der Waals surface area contributed by atoms with Gasteiger partial charge >= 0.3 is 0 Å². The van der Waals surface area contributed by atoms with Crippen LogP contribution in [0.15, 0.2) is 96.1 Å². The first-order chi connectivity index (χ1) is 16.8. The van der Waals surface area contributed by atoms with E-state index in [2.05, 4.69) is 98.8 Å². The van der Waals surface area contributed by atoms with Gasteiger partial charge in [0.2, 0.25) is 0 Å². The maximum absolute atomic E-state index is 2.64. The summed E-state index contributed by atoms with van der Waals surface area (Å²) in [6.45, 7) is 4.72. The van der Waals surface area contributed by atoms with E-state index >= 15 is 0 Å². The van der Waals surface area contributed by atoms with Gasteiger partial charge in [-0.3, -0.25) is 0 Å². The van der Waals surface area contributed by atoms with Gasteiger partial charge in [0.1, 0.15) is 0 Å². The molecule has 6 aliphatic rings. The van der Waals surface area contributed by atoms with E-state index in [1.807, 2.05) is 0 Å². The van der Waals surface area contributed by atoms with Crippen LogP contribution in [0.25, 0.3) is 0 Å². The SMILES string of the molecule is CCC1=C(CC)C2c3ccccc3C1c1cc3c(cc12)C1c2ccccc2C3c2ccccc21. The third-order valence-corrected chi connectivity index (χ3v) is 9.26. The van der Waals surface area contributed by atoms with Crippen molar-refractivity contribution in [2.45, 2.75) is 50.4 Å². The summed E-state index contributed by atoms with van der Waals surface area (Å²) in [5, 5.41) is 0. The van der Waals surface area contributed by atoms with Gasteiger partial charge in [0.25, 0.3) is 0 Å². The van der Waals surface area contributed by atoms with Gasteiger partial charge in [-0.1, -0.05) is 110 Å². The Bertz CT molecular complexity index is 1390. The van der Waals surface area contributed by atoms with Crippen LogP contribution in [0.4, 0.5) is 0 Å². The van der Waals surface area contributed by atoms with Gasteiger partial charge in [0.05, 0.1) is 0 Å². The number of hydrogen-bond acceptors (Lipinski definition) is 0. The second-order valence-corrected chi connectivity index (χ2v) is 10.5. The van der Waals surface area contributed by atoms with Crippen molar-refractivity contribution >= 4 is 0 Å². The summed E-state index contributed by atoms with van der Waals surface area (Å²) in [5.41, 5.74) is 18.8. The van der Waals surface area contributed by atoms with E-state index in [9.17, 15) is 0 Å². The highest BCUT2D eigenvalue weighted by Crippen LogP contribution is 2.61. The highest BCUT2D eigenvalue weighted by molar-refractivity contribution is 5.73. The zero-order chi connectivity index (χ0) is 22.6. The van der Waals surface area contributed by atoms with E-state index < -0.39 is 0 Å². The Morgan fingerprint density at radius 1 is 0.382 bits per heavy atom. The minimum Gasteiger partial charge on any atom is -0.0619 e. The molecule has 4 aromatic carbocycles. The second-order valence-electron chi connectivity index (χ2n) is 10.5. The lowest BCUT2D eigenvalue weighted by atomic mass is 9.56. The maximum Gasteiger partial charge on any atom is 0.0349 e. The van der Waals surface area contributed by atoms with Crippen molar-refractivity contribution in [1.29, 1.82) is 0 Å². The molecule has 10 rings (SSSR count). The fourth-order valence-corrected chi connectivity index (χ4v) is 8.10. The molecule has 0 nitrogen and oxygen atoms in total.